The second kappa shape index (κ2) is 6.01. The summed E-state index contributed by atoms with van der Waals surface area (Å²) in [6, 6.07) is 7.31. The number of aryl methyl sites for hydroxylation is 1. The Hall–Kier alpha value is -1.35. The summed E-state index contributed by atoms with van der Waals surface area (Å²) in [7, 11) is 0. The molecule has 0 spiro atoms. The number of carbonyl (C=O) groups is 2. The van der Waals surface area contributed by atoms with E-state index in [0.29, 0.717) is 17.9 Å². The summed E-state index contributed by atoms with van der Waals surface area (Å²) in [5.74, 6) is -0.973. The third-order valence-corrected chi connectivity index (χ3v) is 3.08. The summed E-state index contributed by atoms with van der Waals surface area (Å²) < 4.78 is 0. The zero-order valence-electron chi connectivity index (χ0n) is 10.6. The summed E-state index contributed by atoms with van der Waals surface area (Å²) in [6.07, 6.45) is 1.04. The molecule has 0 aromatic heterocycles. The van der Waals surface area contributed by atoms with Crippen molar-refractivity contribution in [2.45, 2.75) is 33.1 Å². The lowest BCUT2D eigenvalue weighted by Crippen LogP contribution is -2.27. The van der Waals surface area contributed by atoms with Gasteiger partial charge in [-0.25, -0.2) is 0 Å². The fourth-order valence-corrected chi connectivity index (χ4v) is 1.72. The van der Waals surface area contributed by atoms with E-state index in [1.807, 2.05) is 12.1 Å². The average Bonchev–Trinajstić information content (AvgIpc) is 2.27. The summed E-state index contributed by atoms with van der Waals surface area (Å²) in [5.41, 5.74) is 0.0396. The van der Waals surface area contributed by atoms with Crippen LogP contribution in [0.15, 0.2) is 24.3 Å². The van der Waals surface area contributed by atoms with Crippen molar-refractivity contribution in [2.75, 3.05) is 0 Å². The lowest BCUT2D eigenvalue weighted by atomic mass is 9.86. The Kier molecular flexibility index (Phi) is 4.91. The fraction of sp³-hybridized carbons (Fsp3) is 0.429. The molecule has 0 aliphatic carbocycles. The monoisotopic (exact) mass is 268 g/mol. The van der Waals surface area contributed by atoms with Gasteiger partial charge in [0.2, 0.25) is 0 Å². The van der Waals surface area contributed by atoms with Crippen LogP contribution in [0.3, 0.4) is 0 Å². The van der Waals surface area contributed by atoms with E-state index < -0.39 is 11.4 Å². The highest BCUT2D eigenvalue weighted by atomic mass is 35.5. The van der Waals surface area contributed by atoms with Gasteiger partial charge >= 0.3 is 5.97 Å². The van der Waals surface area contributed by atoms with Crippen LogP contribution < -0.4 is 0 Å². The normalized spacial score (nSPS) is 11.3. The first-order valence-corrected chi connectivity index (χ1v) is 6.18. The van der Waals surface area contributed by atoms with Crippen LogP contribution in [0.2, 0.25) is 5.02 Å². The molecule has 1 aromatic rings. The summed E-state index contributed by atoms with van der Waals surface area (Å²) in [5, 5.41) is 9.60. The Labute approximate surface area is 112 Å². The number of rotatable bonds is 6. The number of hydrogen-bond acceptors (Lipinski definition) is 2. The van der Waals surface area contributed by atoms with Crippen molar-refractivity contribution in [1.29, 1.82) is 0 Å². The first kappa shape index (κ1) is 14.7. The number of Topliss-reactive ketones (excluding diaryl/α,β-unsaturated/α-hetero) is 1. The largest absolute Gasteiger partial charge is 0.481 e. The Morgan fingerprint density at radius 2 is 1.78 bits per heavy atom. The first-order chi connectivity index (χ1) is 8.31. The van der Waals surface area contributed by atoms with Crippen molar-refractivity contribution in [3.63, 3.8) is 0 Å². The second-order valence-electron chi connectivity index (χ2n) is 5.03. The summed E-state index contributed by atoms with van der Waals surface area (Å²) in [4.78, 5) is 22.6. The number of benzene rings is 1. The van der Waals surface area contributed by atoms with E-state index in [0.717, 1.165) is 5.56 Å². The summed E-state index contributed by atoms with van der Waals surface area (Å²) in [6.45, 7) is 3.13. The van der Waals surface area contributed by atoms with Crippen molar-refractivity contribution in [3.05, 3.63) is 34.9 Å². The predicted molar refractivity (Wildman–Crippen MR) is 70.8 cm³/mol. The van der Waals surface area contributed by atoms with Gasteiger partial charge in [0.1, 0.15) is 5.78 Å². The second-order valence-corrected chi connectivity index (χ2v) is 5.47. The lowest BCUT2D eigenvalue weighted by Gasteiger charge is -2.17. The van der Waals surface area contributed by atoms with Crippen molar-refractivity contribution in [3.8, 4) is 0 Å². The van der Waals surface area contributed by atoms with E-state index >= 15 is 0 Å². The molecule has 0 atom stereocenters. The smallest absolute Gasteiger partial charge is 0.309 e. The highest BCUT2D eigenvalue weighted by molar-refractivity contribution is 6.30. The number of hydrogen-bond donors (Lipinski definition) is 1. The summed E-state index contributed by atoms with van der Waals surface area (Å²) >= 11 is 5.76. The maximum Gasteiger partial charge on any atom is 0.309 e. The molecular weight excluding hydrogens is 252 g/mol. The van der Waals surface area contributed by atoms with E-state index in [1.54, 1.807) is 26.0 Å². The number of carboxylic acids is 1. The maximum atomic E-state index is 11.7. The van der Waals surface area contributed by atoms with Crippen LogP contribution >= 0.6 is 11.6 Å². The predicted octanol–water partition coefficient (Wildman–Crippen LogP) is 3.34. The minimum Gasteiger partial charge on any atom is -0.481 e. The molecule has 0 heterocycles. The van der Waals surface area contributed by atoms with Crippen molar-refractivity contribution >= 4 is 23.4 Å². The van der Waals surface area contributed by atoms with Crippen LogP contribution in [-0.4, -0.2) is 16.9 Å². The number of ketones is 1. The topological polar surface area (TPSA) is 54.4 Å². The van der Waals surface area contributed by atoms with Gasteiger partial charge in [0.05, 0.1) is 5.41 Å². The van der Waals surface area contributed by atoms with Gasteiger partial charge in [0.15, 0.2) is 0 Å². The Balaban J connectivity index is 2.47. The van der Waals surface area contributed by atoms with E-state index in [2.05, 4.69) is 0 Å². The Bertz CT molecular complexity index is 435. The zero-order chi connectivity index (χ0) is 13.8. The van der Waals surface area contributed by atoms with Crippen molar-refractivity contribution < 1.29 is 14.7 Å². The molecule has 3 nitrogen and oxygen atoms in total. The maximum absolute atomic E-state index is 11.7. The van der Waals surface area contributed by atoms with Crippen LogP contribution in [0.4, 0.5) is 0 Å². The number of carboxylic acid groups (broad SMARTS) is 1. The van der Waals surface area contributed by atoms with Gasteiger partial charge in [-0.05, 0) is 38.0 Å². The van der Waals surface area contributed by atoms with Gasteiger partial charge in [-0.3, -0.25) is 9.59 Å². The van der Waals surface area contributed by atoms with Crippen LogP contribution in [0.5, 0.6) is 0 Å². The molecule has 0 aliphatic rings. The van der Waals surface area contributed by atoms with Crippen LogP contribution in [0.25, 0.3) is 0 Å². The number of aliphatic carboxylic acids is 1. The Morgan fingerprint density at radius 3 is 2.28 bits per heavy atom. The number of halogens is 1. The highest BCUT2D eigenvalue weighted by Crippen LogP contribution is 2.22. The first-order valence-electron chi connectivity index (χ1n) is 5.81. The van der Waals surface area contributed by atoms with E-state index in [4.69, 9.17) is 16.7 Å². The van der Waals surface area contributed by atoms with E-state index in [1.165, 1.54) is 0 Å². The van der Waals surface area contributed by atoms with Crippen LogP contribution in [-0.2, 0) is 16.0 Å². The molecular formula is C14H17ClO3. The van der Waals surface area contributed by atoms with Gasteiger partial charge in [0.25, 0.3) is 0 Å². The Morgan fingerprint density at radius 1 is 1.22 bits per heavy atom. The van der Waals surface area contributed by atoms with Crippen LogP contribution in [0.1, 0.15) is 32.3 Å². The quantitative estimate of drug-likeness (QED) is 0.861. The molecule has 4 heteroatoms. The molecule has 1 rings (SSSR count). The van der Waals surface area contributed by atoms with Crippen molar-refractivity contribution in [2.24, 2.45) is 5.41 Å². The minimum atomic E-state index is -0.989. The zero-order valence-corrected chi connectivity index (χ0v) is 11.3. The highest BCUT2D eigenvalue weighted by Gasteiger charge is 2.29. The van der Waals surface area contributed by atoms with Gasteiger partial charge in [-0.15, -0.1) is 0 Å². The molecule has 98 valence electrons. The van der Waals surface area contributed by atoms with Gasteiger partial charge in [-0.1, -0.05) is 23.7 Å². The lowest BCUT2D eigenvalue weighted by molar-refractivity contribution is -0.149. The standard InChI is InChI=1S/C14H17ClO3/c1-14(2,13(17)18)9-12(16)8-5-10-3-6-11(15)7-4-10/h3-4,6-7H,5,8-9H2,1-2H3,(H,17,18). The molecule has 0 fully saturated rings. The fourth-order valence-electron chi connectivity index (χ4n) is 1.59. The number of carbonyl (C=O) groups excluding carboxylic acids is 1. The molecule has 18 heavy (non-hydrogen) atoms. The third kappa shape index (κ3) is 4.49. The van der Waals surface area contributed by atoms with E-state index in [9.17, 15) is 9.59 Å². The van der Waals surface area contributed by atoms with Crippen molar-refractivity contribution in [1.82, 2.24) is 0 Å². The SMILES string of the molecule is CC(C)(CC(=O)CCc1ccc(Cl)cc1)C(=O)O. The molecule has 0 amide bonds. The molecule has 0 bridgehead atoms. The third-order valence-electron chi connectivity index (χ3n) is 2.82. The van der Waals surface area contributed by atoms with Gasteiger partial charge in [0, 0.05) is 17.9 Å². The van der Waals surface area contributed by atoms with E-state index in [-0.39, 0.29) is 12.2 Å². The molecule has 0 saturated heterocycles. The molecule has 1 N–H and O–H groups in total. The molecule has 0 saturated carbocycles. The molecule has 0 radical (unpaired) electrons. The average molecular weight is 269 g/mol. The molecule has 0 unspecified atom stereocenters. The van der Waals surface area contributed by atoms with Gasteiger partial charge < -0.3 is 5.11 Å². The minimum absolute atomic E-state index is 0.0302. The van der Waals surface area contributed by atoms with Gasteiger partial charge in [-0.2, -0.15) is 0 Å². The van der Waals surface area contributed by atoms with Crippen LogP contribution in [0, 0.1) is 5.41 Å². The molecule has 0 aliphatic heterocycles. The molecule has 1 aromatic carbocycles.